The average molecular weight is 314 g/mol. The lowest BCUT2D eigenvalue weighted by atomic mass is 9.97. The van der Waals surface area contributed by atoms with Gasteiger partial charge in [-0.1, -0.05) is 6.42 Å². The summed E-state index contributed by atoms with van der Waals surface area (Å²) in [6.07, 6.45) is 4.82. The SMILES string of the molecule is COc1cc(Br)c(OC)c(CC2CCCCN2)c1. The molecular weight excluding hydrogens is 294 g/mol. The van der Waals surface area contributed by atoms with Crippen LogP contribution in [0.3, 0.4) is 0 Å². The Morgan fingerprint density at radius 1 is 1.28 bits per heavy atom. The van der Waals surface area contributed by atoms with Crippen molar-refractivity contribution in [3.8, 4) is 11.5 Å². The van der Waals surface area contributed by atoms with Gasteiger partial charge in [-0.3, -0.25) is 0 Å². The van der Waals surface area contributed by atoms with E-state index in [0.717, 1.165) is 28.9 Å². The first-order valence-corrected chi connectivity index (χ1v) is 7.17. The van der Waals surface area contributed by atoms with Crippen LogP contribution in [0, 0.1) is 0 Å². The smallest absolute Gasteiger partial charge is 0.136 e. The third-order valence-electron chi connectivity index (χ3n) is 3.41. The van der Waals surface area contributed by atoms with Gasteiger partial charge >= 0.3 is 0 Å². The molecule has 1 unspecified atom stereocenters. The van der Waals surface area contributed by atoms with E-state index < -0.39 is 0 Å². The molecule has 100 valence electrons. The second-order valence-corrected chi connectivity index (χ2v) is 5.51. The summed E-state index contributed by atoms with van der Waals surface area (Å²) in [5.74, 6) is 1.79. The number of nitrogens with one attached hydrogen (secondary N) is 1. The summed E-state index contributed by atoms with van der Waals surface area (Å²) < 4.78 is 11.8. The van der Waals surface area contributed by atoms with Gasteiger partial charge in [-0.25, -0.2) is 0 Å². The normalized spacial score (nSPS) is 19.6. The number of methoxy groups -OCH3 is 2. The minimum Gasteiger partial charge on any atom is -0.497 e. The zero-order chi connectivity index (χ0) is 13.0. The molecule has 0 aromatic heterocycles. The molecule has 1 N–H and O–H groups in total. The molecule has 1 aliphatic rings. The molecule has 1 atom stereocenters. The Kier molecular flexibility index (Phi) is 4.89. The highest BCUT2D eigenvalue weighted by molar-refractivity contribution is 9.10. The van der Waals surface area contributed by atoms with E-state index in [1.165, 1.54) is 24.8 Å². The lowest BCUT2D eigenvalue weighted by molar-refractivity contribution is 0.375. The molecule has 4 heteroatoms. The van der Waals surface area contributed by atoms with Gasteiger partial charge in [0.25, 0.3) is 0 Å². The number of halogens is 1. The molecule has 2 rings (SSSR count). The molecule has 0 aliphatic carbocycles. The summed E-state index contributed by atoms with van der Waals surface area (Å²) >= 11 is 3.54. The molecule has 1 aromatic carbocycles. The third kappa shape index (κ3) is 3.18. The summed E-state index contributed by atoms with van der Waals surface area (Å²) in [4.78, 5) is 0. The van der Waals surface area contributed by atoms with Crippen LogP contribution in [0.15, 0.2) is 16.6 Å². The standard InChI is InChI=1S/C14H20BrNO2/c1-17-12-8-10(14(18-2)13(15)9-12)7-11-5-3-4-6-16-11/h8-9,11,16H,3-7H2,1-2H3. The molecule has 0 saturated carbocycles. The second-order valence-electron chi connectivity index (χ2n) is 4.65. The Bertz CT molecular complexity index is 403. The maximum atomic E-state index is 5.49. The van der Waals surface area contributed by atoms with Crippen molar-refractivity contribution in [3.05, 3.63) is 22.2 Å². The maximum absolute atomic E-state index is 5.49. The average Bonchev–Trinajstić information content (AvgIpc) is 2.39. The zero-order valence-electron chi connectivity index (χ0n) is 11.0. The van der Waals surface area contributed by atoms with Crippen LogP contribution in [0.2, 0.25) is 0 Å². The third-order valence-corrected chi connectivity index (χ3v) is 4.00. The Labute approximate surface area is 117 Å². The van der Waals surface area contributed by atoms with Gasteiger partial charge in [0.15, 0.2) is 0 Å². The van der Waals surface area contributed by atoms with Gasteiger partial charge in [0, 0.05) is 11.6 Å². The van der Waals surface area contributed by atoms with Crippen LogP contribution in [0.5, 0.6) is 11.5 Å². The van der Waals surface area contributed by atoms with Crippen molar-refractivity contribution in [3.63, 3.8) is 0 Å². The van der Waals surface area contributed by atoms with Crippen molar-refractivity contribution in [2.75, 3.05) is 20.8 Å². The van der Waals surface area contributed by atoms with Crippen LogP contribution < -0.4 is 14.8 Å². The van der Waals surface area contributed by atoms with Crippen molar-refractivity contribution >= 4 is 15.9 Å². The number of rotatable bonds is 4. The van der Waals surface area contributed by atoms with Crippen molar-refractivity contribution in [2.45, 2.75) is 31.7 Å². The van der Waals surface area contributed by atoms with Crippen LogP contribution in [0.25, 0.3) is 0 Å². The van der Waals surface area contributed by atoms with Crippen LogP contribution in [-0.2, 0) is 6.42 Å². The molecule has 1 fully saturated rings. The zero-order valence-corrected chi connectivity index (χ0v) is 12.5. The molecule has 0 spiro atoms. The number of ether oxygens (including phenoxy) is 2. The molecule has 1 heterocycles. The first-order valence-electron chi connectivity index (χ1n) is 6.38. The largest absolute Gasteiger partial charge is 0.497 e. The van der Waals surface area contributed by atoms with Gasteiger partial charge in [-0.2, -0.15) is 0 Å². The number of hydrogen-bond acceptors (Lipinski definition) is 3. The molecule has 0 bridgehead atoms. The fourth-order valence-corrected chi connectivity index (χ4v) is 3.13. The van der Waals surface area contributed by atoms with Crippen LogP contribution in [0.1, 0.15) is 24.8 Å². The van der Waals surface area contributed by atoms with Gasteiger partial charge in [-0.05, 0) is 53.9 Å². The van der Waals surface area contributed by atoms with Crippen molar-refractivity contribution in [1.82, 2.24) is 5.32 Å². The highest BCUT2D eigenvalue weighted by Gasteiger charge is 2.17. The lowest BCUT2D eigenvalue weighted by Gasteiger charge is -2.24. The summed E-state index contributed by atoms with van der Waals surface area (Å²) in [6.45, 7) is 1.12. The van der Waals surface area contributed by atoms with E-state index in [9.17, 15) is 0 Å². The summed E-state index contributed by atoms with van der Waals surface area (Å²) in [7, 11) is 3.40. The minimum atomic E-state index is 0.548. The maximum Gasteiger partial charge on any atom is 0.136 e. The summed E-state index contributed by atoms with van der Waals surface area (Å²) in [6, 6.07) is 4.56. The Morgan fingerprint density at radius 2 is 2.11 bits per heavy atom. The predicted molar refractivity (Wildman–Crippen MR) is 76.6 cm³/mol. The van der Waals surface area contributed by atoms with Crippen LogP contribution >= 0.6 is 15.9 Å². The summed E-state index contributed by atoms with van der Waals surface area (Å²) in [5, 5.41) is 3.56. The molecule has 0 amide bonds. The van der Waals surface area contributed by atoms with Gasteiger partial charge in [0.05, 0.1) is 18.7 Å². The molecular formula is C14H20BrNO2. The first kappa shape index (κ1) is 13.7. The molecule has 0 radical (unpaired) electrons. The lowest BCUT2D eigenvalue weighted by Crippen LogP contribution is -2.35. The van der Waals surface area contributed by atoms with Crippen molar-refractivity contribution < 1.29 is 9.47 Å². The fraction of sp³-hybridized carbons (Fsp3) is 0.571. The number of benzene rings is 1. The Morgan fingerprint density at radius 3 is 2.72 bits per heavy atom. The van der Waals surface area contributed by atoms with Gasteiger partial charge in [0.2, 0.25) is 0 Å². The van der Waals surface area contributed by atoms with Crippen LogP contribution in [-0.4, -0.2) is 26.8 Å². The fourth-order valence-electron chi connectivity index (χ4n) is 2.48. The molecule has 1 saturated heterocycles. The number of hydrogen-bond donors (Lipinski definition) is 1. The van der Waals surface area contributed by atoms with E-state index in [1.807, 2.05) is 6.07 Å². The van der Waals surface area contributed by atoms with E-state index in [2.05, 4.69) is 27.3 Å². The monoisotopic (exact) mass is 313 g/mol. The molecule has 1 aromatic rings. The minimum absolute atomic E-state index is 0.548. The quantitative estimate of drug-likeness (QED) is 0.926. The Hall–Kier alpha value is -0.740. The predicted octanol–water partition coefficient (Wildman–Crippen LogP) is 3.15. The van der Waals surface area contributed by atoms with Gasteiger partial charge < -0.3 is 14.8 Å². The van der Waals surface area contributed by atoms with Gasteiger partial charge in [-0.15, -0.1) is 0 Å². The van der Waals surface area contributed by atoms with Crippen molar-refractivity contribution in [1.29, 1.82) is 0 Å². The second kappa shape index (κ2) is 6.43. The Balaban J connectivity index is 2.20. The van der Waals surface area contributed by atoms with E-state index in [4.69, 9.17) is 9.47 Å². The molecule has 18 heavy (non-hydrogen) atoms. The van der Waals surface area contributed by atoms with E-state index in [-0.39, 0.29) is 0 Å². The topological polar surface area (TPSA) is 30.5 Å². The highest BCUT2D eigenvalue weighted by atomic mass is 79.9. The van der Waals surface area contributed by atoms with Crippen molar-refractivity contribution in [2.24, 2.45) is 0 Å². The van der Waals surface area contributed by atoms with E-state index >= 15 is 0 Å². The van der Waals surface area contributed by atoms with Crippen LogP contribution in [0.4, 0.5) is 0 Å². The molecule has 1 aliphatic heterocycles. The van der Waals surface area contributed by atoms with E-state index in [1.54, 1.807) is 14.2 Å². The van der Waals surface area contributed by atoms with Gasteiger partial charge in [0.1, 0.15) is 11.5 Å². The van der Waals surface area contributed by atoms with E-state index in [0.29, 0.717) is 6.04 Å². The first-order chi connectivity index (χ1) is 8.74. The summed E-state index contributed by atoms with van der Waals surface area (Å²) in [5.41, 5.74) is 1.20. The number of piperidine rings is 1. The molecule has 3 nitrogen and oxygen atoms in total. The highest BCUT2D eigenvalue weighted by Crippen LogP contribution is 2.34.